The average molecular weight is 516 g/mol. The van der Waals surface area contributed by atoms with E-state index in [0.29, 0.717) is 18.8 Å². The zero-order valence-electron chi connectivity index (χ0n) is 18.2. The van der Waals surface area contributed by atoms with E-state index in [9.17, 15) is 4.79 Å². The molecule has 0 saturated heterocycles. The van der Waals surface area contributed by atoms with Gasteiger partial charge in [0.25, 0.3) is 5.91 Å². The summed E-state index contributed by atoms with van der Waals surface area (Å²) in [5, 5.41) is 6.17. The van der Waals surface area contributed by atoms with Crippen LogP contribution in [0.4, 0.5) is 0 Å². The standard InChI is InChI=1S/C22H36N4O2.HI/c1-5-24-21(27)16-28-20-8-6-7-19(13-20)14-25-22(23-3)26(4)15-18-11-9-17(2)10-12-18;/h6-8,13,17-18H,5,9-12,14-16H2,1-4H3,(H,23,25)(H,24,27);1H. The molecule has 0 bridgehead atoms. The summed E-state index contributed by atoms with van der Waals surface area (Å²) in [7, 11) is 3.94. The lowest BCUT2D eigenvalue weighted by Gasteiger charge is -2.31. The van der Waals surface area contributed by atoms with Gasteiger partial charge in [0.05, 0.1) is 0 Å². The molecule has 2 rings (SSSR count). The minimum Gasteiger partial charge on any atom is -0.484 e. The molecule has 1 saturated carbocycles. The second-order valence-corrected chi connectivity index (χ2v) is 7.80. The normalized spacial score (nSPS) is 19.1. The van der Waals surface area contributed by atoms with Crippen LogP contribution in [0.15, 0.2) is 29.3 Å². The van der Waals surface area contributed by atoms with Crippen LogP contribution in [0.25, 0.3) is 0 Å². The summed E-state index contributed by atoms with van der Waals surface area (Å²) in [6.07, 6.45) is 5.31. The molecule has 1 amide bonds. The van der Waals surface area contributed by atoms with E-state index < -0.39 is 0 Å². The summed E-state index contributed by atoms with van der Waals surface area (Å²) in [5.41, 5.74) is 1.09. The smallest absolute Gasteiger partial charge is 0.257 e. The number of rotatable bonds is 8. The van der Waals surface area contributed by atoms with Gasteiger partial charge in [0.2, 0.25) is 0 Å². The van der Waals surface area contributed by atoms with Gasteiger partial charge >= 0.3 is 0 Å². The minimum absolute atomic E-state index is 0. The Morgan fingerprint density at radius 3 is 2.62 bits per heavy atom. The predicted octanol–water partition coefficient (Wildman–Crippen LogP) is 3.65. The van der Waals surface area contributed by atoms with Crippen molar-refractivity contribution >= 4 is 35.8 Å². The molecule has 0 aliphatic heterocycles. The van der Waals surface area contributed by atoms with Gasteiger partial charge in [-0.2, -0.15) is 0 Å². The van der Waals surface area contributed by atoms with Crippen LogP contribution < -0.4 is 15.4 Å². The number of benzene rings is 1. The van der Waals surface area contributed by atoms with Gasteiger partial charge in [-0.3, -0.25) is 9.79 Å². The molecule has 1 aliphatic rings. The van der Waals surface area contributed by atoms with Crippen molar-refractivity contribution in [2.24, 2.45) is 16.8 Å². The summed E-state index contributed by atoms with van der Waals surface area (Å²) in [6, 6.07) is 7.82. The van der Waals surface area contributed by atoms with Crippen molar-refractivity contribution in [3.05, 3.63) is 29.8 Å². The quantitative estimate of drug-likeness (QED) is 0.315. The Kier molecular flexibility index (Phi) is 12.0. The first-order valence-electron chi connectivity index (χ1n) is 10.4. The van der Waals surface area contributed by atoms with E-state index in [2.05, 4.69) is 34.5 Å². The summed E-state index contributed by atoms with van der Waals surface area (Å²) in [6.45, 7) is 6.60. The first-order valence-corrected chi connectivity index (χ1v) is 10.4. The highest BCUT2D eigenvalue weighted by Crippen LogP contribution is 2.28. The SMILES string of the molecule is CCNC(=O)COc1cccc(CNC(=NC)N(C)CC2CCC(C)CC2)c1.I. The number of aliphatic imine (C=N–C) groups is 1. The van der Waals surface area contributed by atoms with E-state index in [4.69, 9.17) is 4.74 Å². The number of nitrogens with zero attached hydrogens (tertiary/aromatic N) is 2. The van der Waals surface area contributed by atoms with Gasteiger partial charge in [0, 0.05) is 33.7 Å². The number of carbonyl (C=O) groups is 1. The summed E-state index contributed by atoms with van der Waals surface area (Å²) < 4.78 is 5.57. The third-order valence-electron chi connectivity index (χ3n) is 5.33. The van der Waals surface area contributed by atoms with Crippen LogP contribution in [0.5, 0.6) is 5.75 Å². The molecule has 29 heavy (non-hydrogen) atoms. The minimum atomic E-state index is -0.106. The Labute approximate surface area is 192 Å². The van der Waals surface area contributed by atoms with E-state index in [1.807, 2.05) is 38.2 Å². The molecule has 0 radical (unpaired) electrons. The Balaban J connectivity index is 0.00000420. The summed E-state index contributed by atoms with van der Waals surface area (Å²) >= 11 is 0. The van der Waals surface area contributed by atoms with Crippen LogP contribution in [0.1, 0.15) is 45.1 Å². The van der Waals surface area contributed by atoms with Gasteiger partial charge in [0.15, 0.2) is 12.6 Å². The number of hydrogen-bond donors (Lipinski definition) is 2. The molecule has 0 unspecified atom stereocenters. The van der Waals surface area contributed by atoms with Crippen LogP contribution in [-0.2, 0) is 11.3 Å². The molecular formula is C22H37IN4O2. The molecule has 6 nitrogen and oxygen atoms in total. The van der Waals surface area contributed by atoms with Crippen molar-refractivity contribution in [3.63, 3.8) is 0 Å². The zero-order valence-corrected chi connectivity index (χ0v) is 20.6. The van der Waals surface area contributed by atoms with Crippen LogP contribution in [0.3, 0.4) is 0 Å². The van der Waals surface area contributed by atoms with E-state index in [1.165, 1.54) is 25.7 Å². The van der Waals surface area contributed by atoms with Gasteiger partial charge < -0.3 is 20.3 Å². The fourth-order valence-corrected chi connectivity index (χ4v) is 3.69. The van der Waals surface area contributed by atoms with E-state index in [1.54, 1.807) is 0 Å². The van der Waals surface area contributed by atoms with Crippen LogP contribution >= 0.6 is 24.0 Å². The van der Waals surface area contributed by atoms with Gasteiger partial charge in [-0.15, -0.1) is 24.0 Å². The molecule has 1 aromatic carbocycles. The maximum atomic E-state index is 11.5. The molecule has 2 N–H and O–H groups in total. The molecule has 1 aromatic rings. The Hall–Kier alpha value is -1.51. The van der Waals surface area contributed by atoms with Gasteiger partial charge in [-0.25, -0.2) is 0 Å². The third kappa shape index (κ3) is 9.23. The second kappa shape index (κ2) is 13.7. The predicted molar refractivity (Wildman–Crippen MR) is 130 cm³/mol. The number of ether oxygens (including phenoxy) is 1. The maximum absolute atomic E-state index is 11.5. The van der Waals surface area contributed by atoms with Crippen molar-refractivity contribution in [1.82, 2.24) is 15.5 Å². The number of likely N-dealkylation sites (N-methyl/N-ethyl adjacent to an activating group) is 1. The van der Waals surface area contributed by atoms with E-state index in [0.717, 1.165) is 29.9 Å². The first kappa shape index (κ1) is 25.5. The number of halogens is 1. The van der Waals surface area contributed by atoms with Gasteiger partial charge in [0.1, 0.15) is 5.75 Å². The number of guanidine groups is 1. The lowest BCUT2D eigenvalue weighted by atomic mass is 9.83. The first-order chi connectivity index (χ1) is 13.5. The fourth-order valence-electron chi connectivity index (χ4n) is 3.69. The monoisotopic (exact) mass is 516 g/mol. The molecule has 1 aliphatic carbocycles. The highest BCUT2D eigenvalue weighted by molar-refractivity contribution is 14.0. The lowest BCUT2D eigenvalue weighted by Crippen LogP contribution is -2.41. The Bertz CT molecular complexity index is 645. The van der Waals surface area contributed by atoms with Crippen LogP contribution in [0.2, 0.25) is 0 Å². The maximum Gasteiger partial charge on any atom is 0.257 e. The van der Waals surface area contributed by atoms with Crippen molar-refractivity contribution in [2.45, 2.75) is 46.1 Å². The topological polar surface area (TPSA) is 66.0 Å². The molecule has 1 fully saturated rings. The number of hydrogen-bond acceptors (Lipinski definition) is 3. The summed E-state index contributed by atoms with van der Waals surface area (Å²) in [4.78, 5) is 18.2. The molecule has 7 heteroatoms. The van der Waals surface area contributed by atoms with Crippen molar-refractivity contribution in [3.8, 4) is 5.75 Å². The molecule has 0 aromatic heterocycles. The lowest BCUT2D eigenvalue weighted by molar-refractivity contribution is -0.122. The Morgan fingerprint density at radius 1 is 1.24 bits per heavy atom. The van der Waals surface area contributed by atoms with E-state index in [-0.39, 0.29) is 36.5 Å². The molecular weight excluding hydrogens is 479 g/mol. The fraction of sp³-hybridized carbons (Fsp3) is 0.636. The second-order valence-electron chi connectivity index (χ2n) is 7.80. The van der Waals surface area contributed by atoms with Crippen molar-refractivity contribution in [1.29, 1.82) is 0 Å². The molecule has 164 valence electrons. The average Bonchev–Trinajstić information content (AvgIpc) is 2.69. The molecule has 0 atom stereocenters. The molecule has 0 heterocycles. The number of nitrogens with one attached hydrogen (secondary N) is 2. The molecule has 0 spiro atoms. The largest absolute Gasteiger partial charge is 0.484 e. The van der Waals surface area contributed by atoms with Gasteiger partial charge in [-0.1, -0.05) is 31.9 Å². The number of amides is 1. The Morgan fingerprint density at radius 2 is 1.97 bits per heavy atom. The van der Waals surface area contributed by atoms with Crippen LogP contribution in [0, 0.1) is 11.8 Å². The van der Waals surface area contributed by atoms with Crippen molar-refractivity contribution in [2.75, 3.05) is 33.8 Å². The van der Waals surface area contributed by atoms with Gasteiger partial charge in [-0.05, 0) is 49.3 Å². The highest BCUT2D eigenvalue weighted by atomic mass is 127. The third-order valence-corrected chi connectivity index (χ3v) is 5.33. The number of carbonyl (C=O) groups excluding carboxylic acids is 1. The summed E-state index contributed by atoms with van der Waals surface area (Å²) in [5.74, 6) is 3.13. The highest BCUT2D eigenvalue weighted by Gasteiger charge is 2.20. The zero-order chi connectivity index (χ0) is 20.4. The van der Waals surface area contributed by atoms with Crippen molar-refractivity contribution < 1.29 is 9.53 Å². The van der Waals surface area contributed by atoms with E-state index >= 15 is 0 Å². The van der Waals surface area contributed by atoms with Crippen LogP contribution in [-0.4, -0.2) is 50.6 Å².